The summed E-state index contributed by atoms with van der Waals surface area (Å²) in [4.78, 5) is 16.7. The number of piperazine rings is 1. The second kappa shape index (κ2) is 7.66. The lowest BCUT2D eigenvalue weighted by molar-refractivity contribution is 0.0747. The largest absolute Gasteiger partial charge is 0.497 e. The van der Waals surface area contributed by atoms with Crippen molar-refractivity contribution in [1.82, 2.24) is 4.90 Å². The Morgan fingerprint density at radius 1 is 1.00 bits per heavy atom. The summed E-state index contributed by atoms with van der Waals surface area (Å²) in [6, 6.07) is 12.9. The fraction of sp³-hybridized carbons (Fsp3) is 0.316. The summed E-state index contributed by atoms with van der Waals surface area (Å²) >= 11 is 6.14. The minimum atomic E-state index is -0.0213. The first-order valence-corrected chi connectivity index (χ1v) is 8.52. The summed E-state index contributed by atoms with van der Waals surface area (Å²) in [5, 5.41) is 0.492. The molecule has 1 heterocycles. The maximum absolute atomic E-state index is 12.7. The number of carbonyl (C=O) groups excluding carboxylic acids is 1. The minimum Gasteiger partial charge on any atom is -0.497 e. The summed E-state index contributed by atoms with van der Waals surface area (Å²) in [7, 11) is 3.28. The third-order valence-corrected chi connectivity index (χ3v) is 4.73. The lowest BCUT2D eigenvalue weighted by atomic mass is 10.1. The van der Waals surface area contributed by atoms with E-state index in [0.717, 1.165) is 30.3 Å². The Kier molecular flexibility index (Phi) is 5.34. The van der Waals surface area contributed by atoms with Crippen molar-refractivity contribution in [2.45, 2.75) is 0 Å². The van der Waals surface area contributed by atoms with Crippen molar-refractivity contribution in [3.63, 3.8) is 0 Å². The van der Waals surface area contributed by atoms with Gasteiger partial charge in [0.1, 0.15) is 11.5 Å². The third-order valence-electron chi connectivity index (χ3n) is 4.40. The van der Waals surface area contributed by atoms with Crippen LogP contribution in [0.25, 0.3) is 0 Å². The molecule has 5 nitrogen and oxygen atoms in total. The fourth-order valence-corrected chi connectivity index (χ4v) is 3.22. The van der Waals surface area contributed by atoms with Crippen LogP contribution in [0.2, 0.25) is 5.02 Å². The average Bonchev–Trinajstić information content (AvgIpc) is 2.67. The summed E-state index contributed by atoms with van der Waals surface area (Å²) in [5.41, 5.74) is 1.56. The average molecular weight is 361 g/mol. The van der Waals surface area contributed by atoms with Gasteiger partial charge in [0.25, 0.3) is 5.91 Å². The summed E-state index contributed by atoms with van der Waals surface area (Å²) in [6.45, 7) is 2.75. The van der Waals surface area contributed by atoms with Crippen LogP contribution >= 0.6 is 11.6 Å². The molecule has 1 aliphatic rings. The number of carbonyl (C=O) groups is 1. The van der Waals surface area contributed by atoms with Gasteiger partial charge in [0.05, 0.1) is 30.5 Å². The number of rotatable bonds is 4. The van der Waals surface area contributed by atoms with Gasteiger partial charge in [0.2, 0.25) is 0 Å². The number of nitrogens with zero attached hydrogens (tertiary/aromatic N) is 2. The molecule has 0 bridgehead atoms. The molecule has 0 unspecified atom stereocenters. The maximum Gasteiger partial charge on any atom is 0.255 e. The highest BCUT2D eigenvalue weighted by molar-refractivity contribution is 6.33. The van der Waals surface area contributed by atoms with E-state index in [1.807, 2.05) is 35.2 Å². The molecule has 0 N–H and O–H groups in total. The number of ether oxygens (including phenoxy) is 2. The van der Waals surface area contributed by atoms with Crippen molar-refractivity contribution in [2.24, 2.45) is 0 Å². The van der Waals surface area contributed by atoms with E-state index in [1.54, 1.807) is 26.4 Å². The van der Waals surface area contributed by atoms with Crippen LogP contribution in [-0.2, 0) is 0 Å². The zero-order valence-corrected chi connectivity index (χ0v) is 15.1. The van der Waals surface area contributed by atoms with E-state index in [0.29, 0.717) is 23.7 Å². The van der Waals surface area contributed by atoms with E-state index in [1.165, 1.54) is 0 Å². The second-order valence-corrected chi connectivity index (χ2v) is 6.20. The maximum atomic E-state index is 12.7. The Bertz CT molecular complexity index is 758. The number of anilines is 1. The van der Waals surface area contributed by atoms with Gasteiger partial charge in [-0.25, -0.2) is 0 Å². The number of amides is 1. The van der Waals surface area contributed by atoms with Crippen LogP contribution < -0.4 is 14.4 Å². The Morgan fingerprint density at radius 3 is 2.36 bits per heavy atom. The van der Waals surface area contributed by atoms with Gasteiger partial charge in [-0.3, -0.25) is 4.79 Å². The van der Waals surface area contributed by atoms with Crippen molar-refractivity contribution < 1.29 is 14.3 Å². The van der Waals surface area contributed by atoms with Crippen LogP contribution in [0.5, 0.6) is 11.5 Å². The second-order valence-electron chi connectivity index (χ2n) is 5.80. The Labute approximate surface area is 152 Å². The van der Waals surface area contributed by atoms with Gasteiger partial charge in [-0.15, -0.1) is 0 Å². The van der Waals surface area contributed by atoms with Gasteiger partial charge in [0.15, 0.2) is 0 Å². The molecular weight excluding hydrogens is 340 g/mol. The molecular formula is C19H21ClN2O3. The highest BCUT2D eigenvalue weighted by Gasteiger charge is 2.25. The van der Waals surface area contributed by atoms with E-state index in [9.17, 15) is 4.79 Å². The van der Waals surface area contributed by atoms with E-state index in [4.69, 9.17) is 21.1 Å². The molecule has 25 heavy (non-hydrogen) atoms. The fourth-order valence-electron chi connectivity index (χ4n) is 3.00. The summed E-state index contributed by atoms with van der Waals surface area (Å²) in [5.74, 6) is 1.50. The molecule has 1 fully saturated rings. The number of methoxy groups -OCH3 is 2. The van der Waals surface area contributed by atoms with Gasteiger partial charge in [-0.2, -0.15) is 0 Å². The topological polar surface area (TPSA) is 42.0 Å². The van der Waals surface area contributed by atoms with Crippen molar-refractivity contribution in [3.05, 3.63) is 53.1 Å². The smallest absolute Gasteiger partial charge is 0.255 e. The predicted molar refractivity (Wildman–Crippen MR) is 99.1 cm³/mol. The van der Waals surface area contributed by atoms with Gasteiger partial charge in [0, 0.05) is 32.2 Å². The highest BCUT2D eigenvalue weighted by atomic mass is 35.5. The van der Waals surface area contributed by atoms with E-state index >= 15 is 0 Å². The molecule has 0 saturated carbocycles. The molecule has 0 radical (unpaired) electrons. The molecule has 1 saturated heterocycles. The molecule has 0 aromatic heterocycles. The zero-order chi connectivity index (χ0) is 17.8. The summed E-state index contributed by atoms with van der Waals surface area (Å²) in [6.07, 6.45) is 0. The normalized spacial score (nSPS) is 14.4. The quantitative estimate of drug-likeness (QED) is 0.838. The molecule has 132 valence electrons. The molecule has 3 rings (SSSR count). The van der Waals surface area contributed by atoms with Crippen molar-refractivity contribution >= 4 is 23.2 Å². The molecule has 2 aromatic rings. The van der Waals surface area contributed by atoms with Crippen LogP contribution in [0, 0.1) is 0 Å². The third kappa shape index (κ3) is 3.66. The molecule has 1 amide bonds. The lowest BCUT2D eigenvalue weighted by Gasteiger charge is -2.36. The molecule has 1 aliphatic heterocycles. The van der Waals surface area contributed by atoms with Crippen molar-refractivity contribution in [3.8, 4) is 11.5 Å². The number of hydrogen-bond acceptors (Lipinski definition) is 4. The standard InChI is InChI=1S/C19H21ClN2O3/c1-24-14-7-8-17(18(13-14)25-2)21-9-11-22(12-10-21)19(23)15-5-3-4-6-16(15)20/h3-8,13H,9-12H2,1-2H3. The molecule has 0 aliphatic carbocycles. The van der Waals surface area contributed by atoms with Crippen LogP contribution in [0.4, 0.5) is 5.69 Å². The van der Waals surface area contributed by atoms with Gasteiger partial charge in [-0.1, -0.05) is 23.7 Å². The number of benzene rings is 2. The molecule has 6 heteroatoms. The molecule has 2 aromatic carbocycles. The Morgan fingerprint density at radius 2 is 1.72 bits per heavy atom. The Balaban J connectivity index is 1.70. The van der Waals surface area contributed by atoms with E-state index < -0.39 is 0 Å². The first-order valence-electron chi connectivity index (χ1n) is 8.15. The SMILES string of the molecule is COc1ccc(N2CCN(C(=O)c3ccccc3Cl)CC2)c(OC)c1. The highest BCUT2D eigenvalue weighted by Crippen LogP contribution is 2.33. The van der Waals surface area contributed by atoms with Crippen LogP contribution in [0.15, 0.2) is 42.5 Å². The first kappa shape index (κ1) is 17.4. The molecule has 0 atom stereocenters. The van der Waals surface area contributed by atoms with E-state index in [2.05, 4.69) is 4.90 Å². The minimum absolute atomic E-state index is 0.0213. The van der Waals surface area contributed by atoms with Crippen molar-refractivity contribution in [1.29, 1.82) is 0 Å². The van der Waals surface area contributed by atoms with Gasteiger partial charge in [-0.05, 0) is 24.3 Å². The monoisotopic (exact) mass is 360 g/mol. The number of hydrogen-bond donors (Lipinski definition) is 0. The Hall–Kier alpha value is -2.40. The predicted octanol–water partition coefficient (Wildman–Crippen LogP) is 3.32. The van der Waals surface area contributed by atoms with E-state index in [-0.39, 0.29) is 5.91 Å². The van der Waals surface area contributed by atoms with Crippen LogP contribution in [0.3, 0.4) is 0 Å². The van der Waals surface area contributed by atoms with Crippen LogP contribution in [0.1, 0.15) is 10.4 Å². The van der Waals surface area contributed by atoms with Crippen LogP contribution in [-0.4, -0.2) is 51.2 Å². The first-order chi connectivity index (χ1) is 12.1. The lowest BCUT2D eigenvalue weighted by Crippen LogP contribution is -2.49. The zero-order valence-electron chi connectivity index (χ0n) is 14.4. The summed E-state index contributed by atoms with van der Waals surface area (Å²) < 4.78 is 10.7. The van der Waals surface area contributed by atoms with Gasteiger partial charge < -0.3 is 19.3 Å². The van der Waals surface area contributed by atoms with Gasteiger partial charge >= 0.3 is 0 Å². The van der Waals surface area contributed by atoms with Crippen molar-refractivity contribution in [2.75, 3.05) is 45.3 Å². The number of halogens is 1. The molecule has 0 spiro atoms.